The topological polar surface area (TPSA) is 87.3 Å². The lowest BCUT2D eigenvalue weighted by atomic mass is 9.88. The van der Waals surface area contributed by atoms with Crippen LogP contribution >= 0.6 is 0 Å². The molecule has 0 saturated heterocycles. The van der Waals surface area contributed by atoms with Gasteiger partial charge >= 0.3 is 0 Å². The van der Waals surface area contributed by atoms with E-state index in [-0.39, 0.29) is 36.3 Å². The molecular formula is C20H18FN3O3. The van der Waals surface area contributed by atoms with Gasteiger partial charge in [0.15, 0.2) is 0 Å². The molecule has 0 bridgehead atoms. The van der Waals surface area contributed by atoms with Crippen LogP contribution in [0, 0.1) is 5.82 Å². The lowest BCUT2D eigenvalue weighted by molar-refractivity contribution is -0.118. The Bertz CT molecular complexity index is 926. The fraction of sp³-hybridized carbons (Fsp3) is 0.150. The first-order valence-corrected chi connectivity index (χ1v) is 8.38. The number of carbonyl (C=O) groups is 3. The van der Waals surface area contributed by atoms with Crippen molar-refractivity contribution in [3.05, 3.63) is 66.5 Å². The number of nitrogens with one attached hydrogen (secondary N) is 3. The number of amides is 3. The van der Waals surface area contributed by atoms with Crippen molar-refractivity contribution >= 4 is 34.8 Å². The Hall–Kier alpha value is -3.48. The first-order chi connectivity index (χ1) is 13.0. The first-order valence-electron chi connectivity index (χ1n) is 8.38. The second-order valence-corrected chi connectivity index (χ2v) is 6.18. The van der Waals surface area contributed by atoms with Gasteiger partial charge in [0, 0.05) is 30.1 Å². The summed E-state index contributed by atoms with van der Waals surface area (Å²) in [5.74, 6) is -1.86. The molecule has 1 aliphatic heterocycles. The highest BCUT2D eigenvalue weighted by Crippen LogP contribution is 2.34. The SMILES string of the molecule is C=CC(=O)Nc1cc(NC(=O)CC2CC(=O)Nc3ccccc32)ccc1F. The van der Waals surface area contributed by atoms with Gasteiger partial charge in [-0.2, -0.15) is 0 Å². The standard InChI is InChI=1S/C20H18FN3O3/c1-2-18(25)24-17-11-13(7-8-15(17)21)22-19(26)9-12-10-20(27)23-16-6-4-3-5-14(12)16/h2-8,11-12H,1,9-10H2,(H,22,26)(H,23,27)(H,24,25). The average Bonchev–Trinajstić information content (AvgIpc) is 2.64. The van der Waals surface area contributed by atoms with Crippen molar-refractivity contribution in [1.29, 1.82) is 0 Å². The Balaban J connectivity index is 1.71. The number of anilines is 3. The number of para-hydroxylation sites is 1. The van der Waals surface area contributed by atoms with Crippen LogP contribution < -0.4 is 16.0 Å². The van der Waals surface area contributed by atoms with Crippen molar-refractivity contribution in [3.8, 4) is 0 Å². The summed E-state index contributed by atoms with van der Waals surface area (Å²) in [6, 6.07) is 11.2. The molecule has 0 radical (unpaired) electrons. The van der Waals surface area contributed by atoms with Gasteiger partial charge in [-0.25, -0.2) is 4.39 Å². The minimum absolute atomic E-state index is 0.0555. The predicted octanol–water partition coefficient (Wildman–Crippen LogP) is 3.40. The van der Waals surface area contributed by atoms with Crippen molar-refractivity contribution < 1.29 is 18.8 Å². The number of hydrogen-bond donors (Lipinski definition) is 3. The number of hydrogen-bond acceptors (Lipinski definition) is 3. The van der Waals surface area contributed by atoms with E-state index in [2.05, 4.69) is 22.5 Å². The average molecular weight is 367 g/mol. The lowest BCUT2D eigenvalue weighted by Crippen LogP contribution is -2.26. The summed E-state index contributed by atoms with van der Waals surface area (Å²) in [5, 5.41) is 7.81. The monoisotopic (exact) mass is 367 g/mol. The van der Waals surface area contributed by atoms with E-state index in [1.165, 1.54) is 12.1 Å². The number of fused-ring (bicyclic) bond motifs is 1. The van der Waals surface area contributed by atoms with Crippen molar-refractivity contribution in [2.75, 3.05) is 16.0 Å². The quantitative estimate of drug-likeness (QED) is 0.708. The Morgan fingerprint density at radius 3 is 2.78 bits per heavy atom. The normalized spacial score (nSPS) is 15.3. The maximum atomic E-state index is 13.8. The van der Waals surface area contributed by atoms with Gasteiger partial charge in [0.2, 0.25) is 17.7 Å². The maximum absolute atomic E-state index is 13.8. The molecule has 1 heterocycles. The van der Waals surface area contributed by atoms with Crippen LogP contribution in [0.15, 0.2) is 55.1 Å². The highest BCUT2D eigenvalue weighted by molar-refractivity contribution is 6.00. The number of rotatable bonds is 5. The highest BCUT2D eigenvalue weighted by atomic mass is 19.1. The van der Waals surface area contributed by atoms with Crippen molar-refractivity contribution in [2.24, 2.45) is 0 Å². The second-order valence-electron chi connectivity index (χ2n) is 6.18. The van der Waals surface area contributed by atoms with E-state index < -0.39 is 11.7 Å². The minimum atomic E-state index is -0.624. The number of carbonyl (C=O) groups excluding carboxylic acids is 3. The Morgan fingerprint density at radius 2 is 2.00 bits per heavy atom. The third kappa shape index (κ3) is 4.38. The molecule has 7 heteroatoms. The zero-order chi connectivity index (χ0) is 19.4. The molecule has 1 unspecified atom stereocenters. The third-order valence-corrected chi connectivity index (χ3v) is 4.23. The summed E-state index contributed by atoms with van der Waals surface area (Å²) < 4.78 is 13.8. The summed E-state index contributed by atoms with van der Waals surface area (Å²) in [7, 11) is 0. The zero-order valence-electron chi connectivity index (χ0n) is 14.4. The van der Waals surface area contributed by atoms with Crippen LogP contribution in [0.1, 0.15) is 24.3 Å². The first kappa shape index (κ1) is 18.3. The van der Waals surface area contributed by atoms with E-state index in [1.54, 1.807) is 6.07 Å². The Kier molecular flexibility index (Phi) is 5.30. The molecule has 3 rings (SSSR count). The highest BCUT2D eigenvalue weighted by Gasteiger charge is 2.26. The smallest absolute Gasteiger partial charge is 0.247 e. The number of benzene rings is 2. The molecule has 2 aromatic carbocycles. The lowest BCUT2D eigenvalue weighted by Gasteiger charge is -2.25. The van der Waals surface area contributed by atoms with Gasteiger partial charge in [0.1, 0.15) is 5.82 Å². The Morgan fingerprint density at radius 1 is 1.22 bits per heavy atom. The van der Waals surface area contributed by atoms with Gasteiger partial charge in [-0.15, -0.1) is 0 Å². The molecule has 0 aromatic heterocycles. The predicted molar refractivity (Wildman–Crippen MR) is 101 cm³/mol. The van der Waals surface area contributed by atoms with Gasteiger partial charge in [-0.3, -0.25) is 14.4 Å². The fourth-order valence-electron chi connectivity index (χ4n) is 3.00. The van der Waals surface area contributed by atoms with Gasteiger partial charge < -0.3 is 16.0 Å². The maximum Gasteiger partial charge on any atom is 0.247 e. The molecular weight excluding hydrogens is 349 g/mol. The molecule has 1 aliphatic rings. The molecule has 0 saturated carbocycles. The van der Waals surface area contributed by atoms with E-state index in [0.29, 0.717) is 11.4 Å². The summed E-state index contributed by atoms with van der Waals surface area (Å²) in [5.41, 5.74) is 1.91. The molecule has 0 aliphatic carbocycles. The van der Waals surface area contributed by atoms with Gasteiger partial charge in [0.05, 0.1) is 5.69 Å². The van der Waals surface area contributed by atoms with E-state index in [0.717, 1.165) is 17.7 Å². The molecule has 2 aromatic rings. The second kappa shape index (κ2) is 7.82. The molecule has 1 atom stereocenters. The third-order valence-electron chi connectivity index (χ3n) is 4.23. The van der Waals surface area contributed by atoms with Crippen LogP contribution in [0.5, 0.6) is 0 Å². The molecule has 3 N–H and O–H groups in total. The number of halogens is 1. The van der Waals surface area contributed by atoms with E-state index in [9.17, 15) is 18.8 Å². The largest absolute Gasteiger partial charge is 0.326 e. The van der Waals surface area contributed by atoms with E-state index in [1.807, 2.05) is 18.2 Å². The molecule has 3 amide bonds. The van der Waals surface area contributed by atoms with Crippen molar-refractivity contribution in [3.63, 3.8) is 0 Å². The van der Waals surface area contributed by atoms with Gasteiger partial charge in [0.25, 0.3) is 0 Å². The molecule has 0 spiro atoms. The fourth-order valence-corrected chi connectivity index (χ4v) is 3.00. The van der Waals surface area contributed by atoms with Crippen LogP contribution in [0.25, 0.3) is 0 Å². The van der Waals surface area contributed by atoms with E-state index >= 15 is 0 Å². The van der Waals surface area contributed by atoms with Crippen LogP contribution in [-0.4, -0.2) is 17.7 Å². The zero-order valence-corrected chi connectivity index (χ0v) is 14.4. The van der Waals surface area contributed by atoms with Crippen LogP contribution in [-0.2, 0) is 14.4 Å². The van der Waals surface area contributed by atoms with Gasteiger partial charge in [-0.05, 0) is 35.9 Å². The minimum Gasteiger partial charge on any atom is -0.326 e. The molecule has 27 heavy (non-hydrogen) atoms. The summed E-state index contributed by atoms with van der Waals surface area (Å²) in [6.07, 6.45) is 1.35. The van der Waals surface area contributed by atoms with Crippen LogP contribution in [0.4, 0.5) is 21.5 Å². The van der Waals surface area contributed by atoms with Crippen molar-refractivity contribution in [2.45, 2.75) is 18.8 Å². The van der Waals surface area contributed by atoms with Crippen molar-refractivity contribution in [1.82, 2.24) is 0 Å². The molecule has 0 fully saturated rings. The van der Waals surface area contributed by atoms with E-state index in [4.69, 9.17) is 0 Å². The van der Waals surface area contributed by atoms with Crippen LogP contribution in [0.2, 0.25) is 0 Å². The molecule has 138 valence electrons. The van der Waals surface area contributed by atoms with Crippen LogP contribution in [0.3, 0.4) is 0 Å². The summed E-state index contributed by atoms with van der Waals surface area (Å²) in [4.78, 5) is 35.6. The Labute approximate surface area is 155 Å². The summed E-state index contributed by atoms with van der Waals surface area (Å²) >= 11 is 0. The van der Waals surface area contributed by atoms with Gasteiger partial charge in [-0.1, -0.05) is 24.8 Å². The summed E-state index contributed by atoms with van der Waals surface area (Å²) in [6.45, 7) is 3.31. The molecule has 6 nitrogen and oxygen atoms in total.